The second kappa shape index (κ2) is 10.1. The Kier molecular flexibility index (Phi) is 6.98. The first-order valence-electron chi connectivity index (χ1n) is 13.4. The molecule has 8 nitrogen and oxygen atoms in total. The third-order valence-electron chi connectivity index (χ3n) is 8.20. The van der Waals surface area contributed by atoms with E-state index in [-0.39, 0.29) is 24.3 Å². The molecule has 37 heavy (non-hydrogen) atoms. The van der Waals surface area contributed by atoms with Crippen molar-refractivity contribution in [1.82, 2.24) is 9.80 Å². The fraction of sp³-hybridized carbons (Fsp3) is 0.552. The Labute approximate surface area is 218 Å². The van der Waals surface area contributed by atoms with Gasteiger partial charge < -0.3 is 24.5 Å². The molecule has 8 heteroatoms. The number of aryl methyl sites for hydroxylation is 2. The number of unbranched alkanes of at least 4 members (excludes halogenated alkanes) is 1. The van der Waals surface area contributed by atoms with Crippen LogP contribution < -0.4 is 4.90 Å². The van der Waals surface area contributed by atoms with Gasteiger partial charge in [-0.15, -0.1) is 0 Å². The molecule has 1 aromatic rings. The van der Waals surface area contributed by atoms with Crippen molar-refractivity contribution in [3.63, 3.8) is 0 Å². The quantitative estimate of drug-likeness (QED) is 0.452. The summed E-state index contributed by atoms with van der Waals surface area (Å²) in [4.78, 5) is 47.4. The minimum absolute atomic E-state index is 0.0141. The molecule has 4 aliphatic rings. The zero-order valence-corrected chi connectivity index (χ0v) is 21.9. The molecule has 2 fully saturated rings. The van der Waals surface area contributed by atoms with Gasteiger partial charge in [0.25, 0.3) is 5.91 Å². The van der Waals surface area contributed by atoms with Crippen molar-refractivity contribution in [3.05, 3.63) is 53.6 Å². The number of fused-ring (bicyclic) bond motifs is 2. The van der Waals surface area contributed by atoms with Crippen LogP contribution in [0.3, 0.4) is 0 Å². The Hall–Kier alpha value is -2.97. The van der Waals surface area contributed by atoms with Crippen LogP contribution in [-0.4, -0.2) is 83.2 Å². The summed E-state index contributed by atoms with van der Waals surface area (Å²) in [6.45, 7) is 7.80. The van der Waals surface area contributed by atoms with Gasteiger partial charge in [-0.2, -0.15) is 0 Å². The van der Waals surface area contributed by atoms with E-state index in [0.29, 0.717) is 39.0 Å². The van der Waals surface area contributed by atoms with Crippen LogP contribution in [0.4, 0.5) is 5.69 Å². The number of ether oxygens (including phenoxy) is 1. The van der Waals surface area contributed by atoms with Crippen LogP contribution in [-0.2, 0) is 19.1 Å². The molecule has 1 unspecified atom stereocenters. The summed E-state index contributed by atoms with van der Waals surface area (Å²) in [5.74, 6) is -1.94. The molecule has 5 rings (SSSR count). The lowest BCUT2D eigenvalue weighted by atomic mass is 9.77. The van der Waals surface area contributed by atoms with E-state index >= 15 is 0 Å². The van der Waals surface area contributed by atoms with Crippen molar-refractivity contribution < 1.29 is 24.2 Å². The highest BCUT2D eigenvalue weighted by Crippen LogP contribution is 2.53. The zero-order chi connectivity index (χ0) is 26.3. The lowest BCUT2D eigenvalue weighted by molar-refractivity contribution is -0.144. The van der Waals surface area contributed by atoms with Gasteiger partial charge in [0.05, 0.1) is 17.9 Å². The van der Waals surface area contributed by atoms with Gasteiger partial charge in [-0.3, -0.25) is 14.4 Å². The molecule has 0 radical (unpaired) electrons. The summed E-state index contributed by atoms with van der Waals surface area (Å²) in [5, 5.41) is 9.37. The molecule has 2 saturated heterocycles. The van der Waals surface area contributed by atoms with Gasteiger partial charge in [-0.25, -0.2) is 0 Å². The average Bonchev–Trinajstić information content (AvgIpc) is 3.18. The Morgan fingerprint density at radius 1 is 1.03 bits per heavy atom. The number of carbonyl (C=O) groups excluding carboxylic acids is 3. The highest BCUT2D eigenvalue weighted by Gasteiger charge is 2.71. The van der Waals surface area contributed by atoms with Gasteiger partial charge in [-0.05, 0) is 50.3 Å². The summed E-state index contributed by atoms with van der Waals surface area (Å²) >= 11 is 0. The lowest BCUT2D eigenvalue weighted by Gasteiger charge is -2.35. The highest BCUT2D eigenvalue weighted by molar-refractivity contribution is 6.06. The van der Waals surface area contributed by atoms with Gasteiger partial charge in [0.2, 0.25) is 11.8 Å². The summed E-state index contributed by atoms with van der Waals surface area (Å²) in [5.41, 5.74) is 1.62. The molecule has 0 saturated carbocycles. The van der Waals surface area contributed by atoms with Crippen LogP contribution in [0.15, 0.2) is 42.5 Å². The van der Waals surface area contributed by atoms with Gasteiger partial charge in [0, 0.05) is 38.5 Å². The number of hydrogen-bond acceptors (Lipinski definition) is 5. The summed E-state index contributed by atoms with van der Waals surface area (Å²) < 4.78 is 6.67. The SMILES string of the molecule is CCCN1CC=C[C@H]2O[C@]34C=CCN(c5cc(C)ccc5C)C(=O)C3N(CCCCO)C(=O)[C@@H]4[C@H]2C1=O. The highest BCUT2D eigenvalue weighted by atomic mass is 16.5. The normalized spacial score (nSPS) is 30.9. The summed E-state index contributed by atoms with van der Waals surface area (Å²) in [6, 6.07) is 5.13. The van der Waals surface area contributed by atoms with E-state index in [9.17, 15) is 19.5 Å². The number of benzene rings is 1. The molecule has 0 bridgehead atoms. The molecule has 198 valence electrons. The number of aliphatic hydroxyl groups excluding tert-OH is 1. The van der Waals surface area contributed by atoms with Crippen molar-refractivity contribution in [1.29, 1.82) is 0 Å². The topological polar surface area (TPSA) is 90.4 Å². The molecule has 4 heterocycles. The number of nitrogens with zero attached hydrogens (tertiary/aromatic N) is 3. The number of rotatable bonds is 7. The van der Waals surface area contributed by atoms with Crippen LogP contribution >= 0.6 is 0 Å². The van der Waals surface area contributed by atoms with Crippen LogP contribution in [0.2, 0.25) is 0 Å². The maximum atomic E-state index is 14.4. The largest absolute Gasteiger partial charge is 0.396 e. The van der Waals surface area contributed by atoms with Crippen molar-refractivity contribution in [3.8, 4) is 0 Å². The predicted octanol–water partition coefficient (Wildman–Crippen LogP) is 2.37. The average molecular weight is 508 g/mol. The van der Waals surface area contributed by atoms with Crippen molar-refractivity contribution in [2.45, 2.75) is 57.8 Å². The van der Waals surface area contributed by atoms with E-state index < -0.39 is 29.6 Å². The molecule has 1 spiro atoms. The van der Waals surface area contributed by atoms with E-state index in [1.165, 1.54) is 0 Å². The second-order valence-corrected chi connectivity index (χ2v) is 10.7. The van der Waals surface area contributed by atoms with Crippen LogP contribution in [0.5, 0.6) is 0 Å². The summed E-state index contributed by atoms with van der Waals surface area (Å²) in [6.07, 6.45) is 8.99. The van der Waals surface area contributed by atoms with E-state index in [1.807, 2.05) is 63.3 Å². The van der Waals surface area contributed by atoms with Crippen molar-refractivity contribution in [2.75, 3.05) is 37.7 Å². The maximum absolute atomic E-state index is 14.4. The van der Waals surface area contributed by atoms with Crippen LogP contribution in [0.25, 0.3) is 0 Å². The molecular weight excluding hydrogens is 470 g/mol. The minimum Gasteiger partial charge on any atom is -0.396 e. The molecule has 1 aromatic carbocycles. The molecule has 5 atom stereocenters. The Balaban J connectivity index is 1.59. The number of amides is 3. The van der Waals surface area contributed by atoms with Gasteiger partial charge >= 0.3 is 0 Å². The smallest absolute Gasteiger partial charge is 0.253 e. The van der Waals surface area contributed by atoms with Crippen molar-refractivity contribution in [2.24, 2.45) is 11.8 Å². The first kappa shape index (κ1) is 25.7. The number of carbonyl (C=O) groups is 3. The number of anilines is 1. The van der Waals surface area contributed by atoms with Gasteiger partial charge in [-0.1, -0.05) is 43.4 Å². The maximum Gasteiger partial charge on any atom is 0.253 e. The van der Waals surface area contributed by atoms with Gasteiger partial charge in [0.15, 0.2) is 0 Å². The third-order valence-corrected chi connectivity index (χ3v) is 8.20. The first-order valence-corrected chi connectivity index (χ1v) is 13.4. The van der Waals surface area contributed by atoms with Crippen LogP contribution in [0, 0.1) is 25.7 Å². The molecule has 4 aliphatic heterocycles. The standard InChI is InChI=1S/C29H37N3O5/c1-4-13-30-14-7-9-22-23(26(30)34)24-27(35)32(15-5-6-17-33)25-28(36)31(16-8-12-29(24,25)37-22)21-18-19(2)10-11-20(21)3/h7-12,18,22-25,33H,4-6,13-17H2,1-3H3/t22-,23+,24+,25?,29+/m1/s1. The number of likely N-dealkylation sites (tertiary alicyclic amines) is 1. The van der Waals surface area contributed by atoms with Crippen LogP contribution in [0.1, 0.15) is 37.3 Å². The fourth-order valence-corrected chi connectivity index (χ4v) is 6.52. The monoisotopic (exact) mass is 507 g/mol. The molecule has 3 amide bonds. The Morgan fingerprint density at radius 3 is 2.59 bits per heavy atom. The third kappa shape index (κ3) is 4.10. The second-order valence-electron chi connectivity index (χ2n) is 10.7. The molecule has 1 N–H and O–H groups in total. The van der Waals surface area contributed by atoms with Crippen molar-refractivity contribution >= 4 is 23.4 Å². The Bertz CT molecular complexity index is 1150. The predicted molar refractivity (Wildman–Crippen MR) is 140 cm³/mol. The number of aliphatic hydroxyl groups is 1. The molecule has 0 aromatic heterocycles. The number of hydrogen-bond donors (Lipinski definition) is 1. The minimum atomic E-state index is -1.22. The van der Waals surface area contributed by atoms with Gasteiger partial charge in [0.1, 0.15) is 11.6 Å². The lowest BCUT2D eigenvalue weighted by Crippen LogP contribution is -2.55. The molecular formula is C29H37N3O5. The summed E-state index contributed by atoms with van der Waals surface area (Å²) in [7, 11) is 0. The molecule has 0 aliphatic carbocycles. The first-order chi connectivity index (χ1) is 17.8. The van der Waals surface area contributed by atoms with E-state index in [4.69, 9.17) is 4.74 Å². The zero-order valence-electron chi connectivity index (χ0n) is 21.9. The van der Waals surface area contributed by atoms with E-state index in [0.717, 1.165) is 23.2 Å². The Morgan fingerprint density at radius 2 is 1.84 bits per heavy atom. The van der Waals surface area contributed by atoms with E-state index in [2.05, 4.69) is 0 Å². The van der Waals surface area contributed by atoms with E-state index in [1.54, 1.807) is 14.7 Å². The fourth-order valence-electron chi connectivity index (χ4n) is 6.52.